The lowest BCUT2D eigenvalue weighted by Gasteiger charge is -2.00. The lowest BCUT2D eigenvalue weighted by Crippen LogP contribution is -1.86. The highest BCUT2D eigenvalue weighted by Crippen LogP contribution is 2.28. The summed E-state index contributed by atoms with van der Waals surface area (Å²) in [5.41, 5.74) is 3.35. The fraction of sp³-hybridized carbons (Fsp3) is 0. The largest absolute Gasteiger partial charge is 0.360 e. The van der Waals surface area contributed by atoms with Crippen molar-refractivity contribution >= 4 is 10.9 Å². The highest BCUT2D eigenvalue weighted by molar-refractivity contribution is 5.95. The van der Waals surface area contributed by atoms with Gasteiger partial charge in [0.2, 0.25) is 0 Å². The summed E-state index contributed by atoms with van der Waals surface area (Å²) < 4.78 is 0. The maximum absolute atomic E-state index is 9.09. The van der Waals surface area contributed by atoms with Gasteiger partial charge in [-0.15, -0.1) is 0 Å². The summed E-state index contributed by atoms with van der Waals surface area (Å²) in [6.45, 7) is 0. The summed E-state index contributed by atoms with van der Waals surface area (Å²) in [4.78, 5) is 7.49. The Morgan fingerprint density at radius 3 is 2.88 bits per heavy atom. The van der Waals surface area contributed by atoms with Crippen LogP contribution in [-0.4, -0.2) is 9.97 Å². The van der Waals surface area contributed by atoms with Gasteiger partial charge in [-0.25, -0.2) is 0 Å². The van der Waals surface area contributed by atoms with Crippen molar-refractivity contribution < 1.29 is 0 Å². The smallest absolute Gasteiger partial charge is 0.101 e. The molecule has 0 atom stereocenters. The second-order valence-corrected chi connectivity index (χ2v) is 3.76. The van der Waals surface area contributed by atoms with Gasteiger partial charge in [0.1, 0.15) is 6.07 Å². The van der Waals surface area contributed by atoms with Gasteiger partial charge in [0.15, 0.2) is 0 Å². The fourth-order valence-electron chi connectivity index (χ4n) is 1.98. The van der Waals surface area contributed by atoms with Crippen LogP contribution in [-0.2, 0) is 0 Å². The molecular formula is C14H9N3. The number of nitrogens with zero attached hydrogens (tertiary/aromatic N) is 2. The molecule has 0 radical (unpaired) electrons. The van der Waals surface area contributed by atoms with E-state index in [4.69, 9.17) is 5.26 Å². The van der Waals surface area contributed by atoms with E-state index in [1.807, 2.05) is 30.5 Å². The molecule has 0 bridgehead atoms. The molecule has 1 N–H and O–H groups in total. The molecule has 1 aromatic carbocycles. The van der Waals surface area contributed by atoms with Crippen LogP contribution < -0.4 is 0 Å². The highest BCUT2D eigenvalue weighted by Gasteiger charge is 2.10. The van der Waals surface area contributed by atoms with Gasteiger partial charge >= 0.3 is 0 Å². The van der Waals surface area contributed by atoms with E-state index in [-0.39, 0.29) is 0 Å². The molecule has 0 spiro atoms. The molecule has 0 unspecified atom stereocenters. The monoisotopic (exact) mass is 219 g/mol. The SMILES string of the molecule is N#Cc1cccnc1-c1c[nH]c2ccccc12. The Kier molecular flexibility index (Phi) is 2.13. The van der Waals surface area contributed by atoms with Crippen LogP contribution >= 0.6 is 0 Å². The number of H-pyrrole nitrogens is 1. The van der Waals surface area contributed by atoms with E-state index in [2.05, 4.69) is 16.0 Å². The number of fused-ring (bicyclic) bond motifs is 1. The molecule has 80 valence electrons. The van der Waals surface area contributed by atoms with Gasteiger partial charge in [0, 0.05) is 28.9 Å². The van der Waals surface area contributed by atoms with Gasteiger partial charge < -0.3 is 4.98 Å². The zero-order valence-corrected chi connectivity index (χ0v) is 9.01. The van der Waals surface area contributed by atoms with Crippen LogP contribution in [0.3, 0.4) is 0 Å². The van der Waals surface area contributed by atoms with Crippen LogP contribution in [0.2, 0.25) is 0 Å². The van der Waals surface area contributed by atoms with Crippen molar-refractivity contribution in [3.8, 4) is 17.3 Å². The number of pyridine rings is 1. The fourth-order valence-corrected chi connectivity index (χ4v) is 1.98. The van der Waals surface area contributed by atoms with Crippen LogP contribution in [0.4, 0.5) is 0 Å². The predicted molar refractivity (Wildman–Crippen MR) is 66.2 cm³/mol. The molecule has 0 fully saturated rings. The van der Waals surface area contributed by atoms with Crippen LogP contribution in [0.5, 0.6) is 0 Å². The van der Waals surface area contributed by atoms with Gasteiger partial charge in [-0.2, -0.15) is 5.26 Å². The van der Waals surface area contributed by atoms with E-state index in [9.17, 15) is 0 Å². The summed E-state index contributed by atoms with van der Waals surface area (Å²) >= 11 is 0. The number of hydrogen-bond donors (Lipinski definition) is 1. The molecule has 0 aliphatic heterocycles. The molecule has 3 aromatic rings. The van der Waals surface area contributed by atoms with Crippen LogP contribution in [0.25, 0.3) is 22.2 Å². The Hall–Kier alpha value is -2.60. The molecule has 0 amide bonds. The number of para-hydroxylation sites is 1. The Morgan fingerprint density at radius 1 is 1.12 bits per heavy atom. The van der Waals surface area contributed by atoms with Crippen LogP contribution in [0.1, 0.15) is 5.56 Å². The van der Waals surface area contributed by atoms with Crippen molar-refractivity contribution in [3.05, 3.63) is 54.4 Å². The lowest BCUT2D eigenvalue weighted by atomic mass is 10.1. The Balaban J connectivity index is 2.32. The third-order valence-electron chi connectivity index (χ3n) is 2.77. The molecule has 0 saturated carbocycles. The summed E-state index contributed by atoms with van der Waals surface area (Å²) in [6.07, 6.45) is 3.60. The van der Waals surface area contributed by atoms with Gasteiger partial charge in [-0.3, -0.25) is 4.98 Å². The number of hydrogen-bond acceptors (Lipinski definition) is 2. The van der Waals surface area contributed by atoms with E-state index in [1.165, 1.54) is 0 Å². The summed E-state index contributed by atoms with van der Waals surface area (Å²) in [7, 11) is 0. The first kappa shape index (κ1) is 9.61. The minimum absolute atomic E-state index is 0.595. The van der Waals surface area contributed by atoms with Gasteiger partial charge in [-0.05, 0) is 18.2 Å². The Labute approximate surface area is 98.4 Å². The molecule has 2 aromatic heterocycles. The van der Waals surface area contributed by atoms with Crippen molar-refractivity contribution in [1.29, 1.82) is 5.26 Å². The average Bonchev–Trinajstić information content (AvgIpc) is 2.82. The third-order valence-corrected chi connectivity index (χ3v) is 2.77. The predicted octanol–water partition coefficient (Wildman–Crippen LogP) is 3.10. The first-order valence-electron chi connectivity index (χ1n) is 5.32. The normalized spacial score (nSPS) is 10.3. The zero-order valence-electron chi connectivity index (χ0n) is 9.01. The number of aromatic amines is 1. The number of aromatic nitrogens is 2. The molecule has 0 aliphatic carbocycles. The van der Waals surface area contributed by atoms with Crippen molar-refractivity contribution in [2.75, 3.05) is 0 Å². The second kappa shape index (κ2) is 3.76. The topological polar surface area (TPSA) is 52.5 Å². The van der Waals surface area contributed by atoms with Gasteiger partial charge in [0.25, 0.3) is 0 Å². The first-order valence-corrected chi connectivity index (χ1v) is 5.32. The minimum Gasteiger partial charge on any atom is -0.360 e. The highest BCUT2D eigenvalue weighted by atomic mass is 14.7. The lowest BCUT2D eigenvalue weighted by molar-refractivity contribution is 1.30. The molecule has 3 heteroatoms. The maximum atomic E-state index is 9.09. The number of nitrogens with one attached hydrogen (secondary N) is 1. The van der Waals surface area contributed by atoms with E-state index in [0.29, 0.717) is 5.56 Å². The first-order chi connectivity index (χ1) is 8.40. The minimum atomic E-state index is 0.595. The zero-order chi connectivity index (χ0) is 11.7. The molecule has 3 nitrogen and oxygen atoms in total. The maximum Gasteiger partial charge on any atom is 0.101 e. The molecular weight excluding hydrogens is 210 g/mol. The standard InChI is InChI=1S/C14H9N3/c15-8-10-4-3-7-16-14(10)12-9-17-13-6-2-1-5-11(12)13/h1-7,9,17H. The van der Waals surface area contributed by atoms with Crippen LogP contribution in [0.15, 0.2) is 48.8 Å². The number of rotatable bonds is 1. The van der Waals surface area contributed by atoms with E-state index >= 15 is 0 Å². The summed E-state index contributed by atoms with van der Waals surface area (Å²) in [5, 5.41) is 10.2. The van der Waals surface area contributed by atoms with Gasteiger partial charge in [-0.1, -0.05) is 18.2 Å². The van der Waals surface area contributed by atoms with Crippen molar-refractivity contribution in [2.45, 2.75) is 0 Å². The molecule has 2 heterocycles. The summed E-state index contributed by atoms with van der Waals surface area (Å²) in [6, 6.07) is 13.7. The molecule has 3 rings (SSSR count). The van der Waals surface area contributed by atoms with Crippen LogP contribution in [0, 0.1) is 11.3 Å². The molecule has 17 heavy (non-hydrogen) atoms. The third kappa shape index (κ3) is 1.47. The van der Waals surface area contributed by atoms with Gasteiger partial charge in [0.05, 0.1) is 11.3 Å². The van der Waals surface area contributed by atoms with E-state index in [1.54, 1.807) is 18.3 Å². The van der Waals surface area contributed by atoms with Crippen molar-refractivity contribution in [2.24, 2.45) is 0 Å². The number of nitriles is 1. The molecule has 0 saturated heterocycles. The van der Waals surface area contributed by atoms with Crippen molar-refractivity contribution in [3.63, 3.8) is 0 Å². The Morgan fingerprint density at radius 2 is 2.00 bits per heavy atom. The van der Waals surface area contributed by atoms with E-state index < -0.39 is 0 Å². The average molecular weight is 219 g/mol. The Bertz CT molecular complexity index is 719. The summed E-state index contributed by atoms with van der Waals surface area (Å²) in [5.74, 6) is 0. The second-order valence-electron chi connectivity index (χ2n) is 3.76. The van der Waals surface area contributed by atoms with E-state index in [0.717, 1.165) is 22.2 Å². The van der Waals surface area contributed by atoms with Crippen molar-refractivity contribution in [1.82, 2.24) is 9.97 Å². The number of benzene rings is 1. The quantitative estimate of drug-likeness (QED) is 0.683. The molecule has 0 aliphatic rings.